The van der Waals surface area contributed by atoms with Crippen molar-refractivity contribution in [2.24, 2.45) is 0 Å². The fourth-order valence-electron chi connectivity index (χ4n) is 1.49. The normalized spacial score (nSPS) is 22.9. The Bertz CT molecular complexity index is 263. The fourth-order valence-corrected chi connectivity index (χ4v) is 1.49. The number of hydrogen-bond acceptors (Lipinski definition) is 4. The van der Waals surface area contributed by atoms with Crippen LogP contribution in [-0.2, 0) is 0 Å². The fraction of sp³-hybridized carbons (Fsp3) is 0.444. The van der Waals surface area contributed by atoms with Gasteiger partial charge in [-0.1, -0.05) is 0 Å². The van der Waals surface area contributed by atoms with E-state index in [2.05, 4.69) is 15.6 Å². The van der Waals surface area contributed by atoms with Crippen LogP contribution < -0.4 is 16.4 Å². The molecule has 1 aromatic rings. The Morgan fingerprint density at radius 2 is 2.31 bits per heavy atom. The molecule has 1 aromatic heterocycles. The van der Waals surface area contributed by atoms with Crippen molar-refractivity contribution < 1.29 is 0 Å². The lowest BCUT2D eigenvalue weighted by molar-refractivity contribution is 0.423. The molecule has 1 aliphatic rings. The van der Waals surface area contributed by atoms with Crippen molar-refractivity contribution in [1.82, 2.24) is 15.6 Å². The van der Waals surface area contributed by atoms with E-state index in [1.165, 1.54) is 0 Å². The number of piperazine rings is 1. The van der Waals surface area contributed by atoms with Crippen molar-refractivity contribution in [3.05, 3.63) is 24.0 Å². The van der Waals surface area contributed by atoms with Crippen LogP contribution in [0.2, 0.25) is 0 Å². The molecule has 1 aliphatic heterocycles. The van der Waals surface area contributed by atoms with Crippen LogP contribution in [0.1, 0.15) is 11.7 Å². The lowest BCUT2D eigenvalue weighted by atomic mass is 10.1. The molecule has 13 heavy (non-hydrogen) atoms. The molecule has 4 N–H and O–H groups in total. The minimum atomic E-state index is 0.328. The van der Waals surface area contributed by atoms with Crippen molar-refractivity contribution in [1.29, 1.82) is 0 Å². The van der Waals surface area contributed by atoms with Gasteiger partial charge in [0.1, 0.15) is 0 Å². The van der Waals surface area contributed by atoms with Crippen molar-refractivity contribution >= 4 is 5.69 Å². The van der Waals surface area contributed by atoms with Crippen LogP contribution in [0.4, 0.5) is 5.69 Å². The van der Waals surface area contributed by atoms with Gasteiger partial charge in [-0.25, -0.2) is 0 Å². The van der Waals surface area contributed by atoms with Crippen LogP contribution in [0.15, 0.2) is 18.3 Å². The number of nitrogens with zero attached hydrogens (tertiary/aromatic N) is 1. The second-order valence-electron chi connectivity index (χ2n) is 3.23. The minimum Gasteiger partial charge on any atom is -0.397 e. The zero-order valence-electron chi connectivity index (χ0n) is 7.46. The van der Waals surface area contributed by atoms with Gasteiger partial charge in [0, 0.05) is 19.6 Å². The number of pyridine rings is 1. The van der Waals surface area contributed by atoms with Gasteiger partial charge in [-0.2, -0.15) is 0 Å². The van der Waals surface area contributed by atoms with Crippen LogP contribution in [0, 0.1) is 0 Å². The summed E-state index contributed by atoms with van der Waals surface area (Å²) in [6.45, 7) is 2.97. The minimum absolute atomic E-state index is 0.328. The second kappa shape index (κ2) is 3.72. The van der Waals surface area contributed by atoms with E-state index in [1.807, 2.05) is 12.1 Å². The summed E-state index contributed by atoms with van der Waals surface area (Å²) in [6.07, 6.45) is 1.70. The van der Waals surface area contributed by atoms with E-state index in [0.717, 1.165) is 25.3 Å². The SMILES string of the molecule is Nc1ccc([C@H]2CNCCN2)nc1. The van der Waals surface area contributed by atoms with Gasteiger partial charge in [-0.05, 0) is 12.1 Å². The van der Waals surface area contributed by atoms with Gasteiger partial charge >= 0.3 is 0 Å². The van der Waals surface area contributed by atoms with Gasteiger partial charge in [-0.3, -0.25) is 4.98 Å². The van der Waals surface area contributed by atoms with Gasteiger partial charge in [0.15, 0.2) is 0 Å². The molecule has 1 atom stereocenters. The van der Waals surface area contributed by atoms with Crippen LogP contribution in [0.25, 0.3) is 0 Å². The van der Waals surface area contributed by atoms with E-state index in [-0.39, 0.29) is 0 Å². The summed E-state index contributed by atoms with van der Waals surface area (Å²) in [6, 6.07) is 4.19. The van der Waals surface area contributed by atoms with Crippen LogP contribution in [0.5, 0.6) is 0 Å². The summed E-state index contributed by atoms with van der Waals surface area (Å²) in [5.74, 6) is 0. The average Bonchev–Trinajstić information content (AvgIpc) is 2.20. The van der Waals surface area contributed by atoms with E-state index in [4.69, 9.17) is 5.73 Å². The number of rotatable bonds is 1. The average molecular weight is 178 g/mol. The lowest BCUT2D eigenvalue weighted by Crippen LogP contribution is -2.42. The van der Waals surface area contributed by atoms with E-state index >= 15 is 0 Å². The molecule has 70 valence electrons. The highest BCUT2D eigenvalue weighted by Crippen LogP contribution is 2.11. The number of aromatic nitrogens is 1. The molecule has 0 aliphatic carbocycles. The molecule has 1 saturated heterocycles. The third-order valence-electron chi connectivity index (χ3n) is 2.21. The van der Waals surface area contributed by atoms with Gasteiger partial charge in [-0.15, -0.1) is 0 Å². The maximum absolute atomic E-state index is 5.56. The molecule has 0 radical (unpaired) electrons. The first-order valence-corrected chi connectivity index (χ1v) is 4.52. The zero-order valence-corrected chi connectivity index (χ0v) is 7.46. The Balaban J connectivity index is 2.10. The Kier molecular flexibility index (Phi) is 2.42. The van der Waals surface area contributed by atoms with Gasteiger partial charge in [0.25, 0.3) is 0 Å². The molecule has 1 fully saturated rings. The summed E-state index contributed by atoms with van der Waals surface area (Å²) >= 11 is 0. The van der Waals surface area contributed by atoms with Crippen LogP contribution in [-0.4, -0.2) is 24.6 Å². The van der Waals surface area contributed by atoms with Gasteiger partial charge < -0.3 is 16.4 Å². The summed E-state index contributed by atoms with van der Waals surface area (Å²) < 4.78 is 0. The van der Waals surface area contributed by atoms with Crippen LogP contribution in [0.3, 0.4) is 0 Å². The quantitative estimate of drug-likeness (QED) is 0.562. The van der Waals surface area contributed by atoms with E-state index in [1.54, 1.807) is 6.20 Å². The number of nitrogens with one attached hydrogen (secondary N) is 2. The maximum atomic E-state index is 5.56. The third kappa shape index (κ3) is 1.96. The van der Waals surface area contributed by atoms with Gasteiger partial charge in [0.2, 0.25) is 0 Å². The second-order valence-corrected chi connectivity index (χ2v) is 3.23. The predicted molar refractivity (Wildman–Crippen MR) is 52.3 cm³/mol. The van der Waals surface area contributed by atoms with E-state index < -0.39 is 0 Å². The highest BCUT2D eigenvalue weighted by Gasteiger charge is 2.14. The molecule has 0 unspecified atom stereocenters. The third-order valence-corrected chi connectivity index (χ3v) is 2.21. The van der Waals surface area contributed by atoms with Crippen molar-refractivity contribution in [2.75, 3.05) is 25.4 Å². The molecular formula is C9H14N4. The van der Waals surface area contributed by atoms with E-state index in [0.29, 0.717) is 11.7 Å². The largest absolute Gasteiger partial charge is 0.397 e. The molecule has 0 spiro atoms. The molecular weight excluding hydrogens is 164 g/mol. The number of nitrogen functional groups attached to an aromatic ring is 1. The molecule has 0 bridgehead atoms. The van der Waals surface area contributed by atoms with Crippen molar-refractivity contribution in [3.63, 3.8) is 0 Å². The topological polar surface area (TPSA) is 63.0 Å². The molecule has 4 nitrogen and oxygen atoms in total. The maximum Gasteiger partial charge on any atom is 0.0622 e. The van der Waals surface area contributed by atoms with Crippen molar-refractivity contribution in [3.8, 4) is 0 Å². The highest BCUT2D eigenvalue weighted by atomic mass is 15.1. The Hall–Kier alpha value is -1.13. The number of nitrogens with two attached hydrogens (primary N) is 1. The smallest absolute Gasteiger partial charge is 0.0622 e. The first kappa shape index (κ1) is 8.47. The van der Waals surface area contributed by atoms with E-state index in [9.17, 15) is 0 Å². The first-order chi connectivity index (χ1) is 6.36. The van der Waals surface area contributed by atoms with Crippen molar-refractivity contribution in [2.45, 2.75) is 6.04 Å². The Labute approximate surface area is 77.5 Å². The molecule has 2 rings (SSSR count). The Morgan fingerprint density at radius 1 is 1.38 bits per heavy atom. The first-order valence-electron chi connectivity index (χ1n) is 4.52. The molecule has 2 heterocycles. The molecule has 0 aromatic carbocycles. The van der Waals surface area contributed by atoms with Crippen LogP contribution >= 0.6 is 0 Å². The zero-order chi connectivity index (χ0) is 9.10. The summed E-state index contributed by atoms with van der Waals surface area (Å²) in [7, 11) is 0. The highest BCUT2D eigenvalue weighted by molar-refractivity contribution is 5.35. The Morgan fingerprint density at radius 3 is 2.92 bits per heavy atom. The van der Waals surface area contributed by atoms with Gasteiger partial charge in [0.05, 0.1) is 23.6 Å². The molecule has 0 amide bonds. The summed E-state index contributed by atoms with van der Waals surface area (Å²) in [5.41, 5.74) is 7.33. The molecule has 0 saturated carbocycles. The summed E-state index contributed by atoms with van der Waals surface area (Å²) in [5, 5.41) is 6.70. The monoisotopic (exact) mass is 178 g/mol. The number of anilines is 1. The molecule has 4 heteroatoms. The predicted octanol–water partition coefficient (Wildman–Crippen LogP) is -0.102. The number of hydrogen-bond donors (Lipinski definition) is 3. The lowest BCUT2D eigenvalue weighted by Gasteiger charge is -2.23. The summed E-state index contributed by atoms with van der Waals surface area (Å²) in [4.78, 5) is 4.27. The standard InChI is InChI=1S/C9H14N4/c10-7-1-2-8(13-5-7)9-6-11-3-4-12-9/h1-2,5,9,11-12H,3-4,6,10H2/t9-/m1/s1.